The van der Waals surface area contributed by atoms with Crippen molar-refractivity contribution in [2.45, 2.75) is 6.42 Å². The number of hydrogen-bond acceptors (Lipinski definition) is 2. The summed E-state index contributed by atoms with van der Waals surface area (Å²) in [5, 5.41) is 3.39. The molecule has 0 saturated carbocycles. The quantitative estimate of drug-likeness (QED) is 0.264. The number of hydrogen-bond donors (Lipinski definition) is 0. The van der Waals surface area contributed by atoms with Crippen LogP contribution in [-0.4, -0.2) is 31.4 Å². The first-order chi connectivity index (χ1) is 8.65. The summed E-state index contributed by atoms with van der Waals surface area (Å²) in [5.74, 6) is 5.78. The maximum atomic E-state index is 11.7. The van der Waals surface area contributed by atoms with E-state index in [0.717, 1.165) is 5.56 Å². The largest absolute Gasteiger partial charge is 0.345 e. The fraction of sp³-hybridized carbons (Fsp3) is 0.308. The molecule has 0 aliphatic rings. The fourth-order valence-corrected chi connectivity index (χ4v) is 1.30. The molecule has 1 rings (SSSR count). The normalized spacial score (nSPS) is 8.78. The van der Waals surface area contributed by atoms with Crippen LogP contribution in [0.5, 0.6) is 0 Å². The van der Waals surface area contributed by atoms with Crippen LogP contribution in [0, 0.1) is 11.8 Å². The van der Waals surface area contributed by atoms with Gasteiger partial charge in [0.2, 0.25) is 0 Å². The first-order valence-corrected chi connectivity index (χ1v) is 5.46. The van der Waals surface area contributed by atoms with Crippen molar-refractivity contribution >= 4 is 5.91 Å². The lowest BCUT2D eigenvalue weighted by atomic mass is 10.1. The monoisotopic (exact) mass is 242 g/mol. The third-order valence-electron chi connectivity index (χ3n) is 2.15. The zero-order valence-corrected chi connectivity index (χ0v) is 10.4. The maximum Gasteiger partial charge on any atom is 0.253 e. The van der Waals surface area contributed by atoms with Gasteiger partial charge in [0.05, 0.1) is 0 Å². The van der Waals surface area contributed by atoms with E-state index in [1.807, 2.05) is 6.07 Å². The SMILES string of the molecule is CN(C)C(=O)c1cccc(C#CCCN=[N+]=[N-])c1. The summed E-state index contributed by atoms with van der Waals surface area (Å²) in [4.78, 5) is 15.9. The lowest BCUT2D eigenvalue weighted by molar-refractivity contribution is 0.0827. The standard InChI is InChI=1S/C13H14N4O/c1-17(2)13(18)12-8-5-7-11(10-12)6-3-4-9-15-16-14/h5,7-8,10H,4,9H2,1-2H3. The minimum absolute atomic E-state index is 0.0484. The van der Waals surface area contributed by atoms with Crippen LogP contribution in [-0.2, 0) is 0 Å². The van der Waals surface area contributed by atoms with E-state index in [1.165, 1.54) is 4.90 Å². The van der Waals surface area contributed by atoms with Gasteiger partial charge in [-0.05, 0) is 23.7 Å². The van der Waals surface area contributed by atoms with Gasteiger partial charge < -0.3 is 4.90 Å². The molecular weight excluding hydrogens is 228 g/mol. The Bertz CT molecular complexity index is 533. The van der Waals surface area contributed by atoms with Crippen molar-refractivity contribution < 1.29 is 4.79 Å². The van der Waals surface area contributed by atoms with E-state index in [0.29, 0.717) is 18.5 Å². The third-order valence-corrected chi connectivity index (χ3v) is 2.15. The maximum absolute atomic E-state index is 11.7. The van der Waals surface area contributed by atoms with Gasteiger partial charge in [-0.1, -0.05) is 23.0 Å². The topological polar surface area (TPSA) is 69.1 Å². The van der Waals surface area contributed by atoms with Crippen molar-refractivity contribution in [1.82, 2.24) is 4.90 Å². The van der Waals surface area contributed by atoms with Gasteiger partial charge >= 0.3 is 0 Å². The van der Waals surface area contributed by atoms with Gasteiger partial charge in [-0.3, -0.25) is 4.79 Å². The van der Waals surface area contributed by atoms with Gasteiger partial charge in [-0.2, -0.15) is 0 Å². The Labute approximate surface area is 106 Å². The predicted octanol–water partition coefficient (Wildman–Crippen LogP) is 2.44. The van der Waals surface area contributed by atoms with Gasteiger partial charge in [0.25, 0.3) is 5.91 Å². The second-order valence-corrected chi connectivity index (χ2v) is 3.79. The van der Waals surface area contributed by atoms with Crippen molar-refractivity contribution in [2.75, 3.05) is 20.6 Å². The van der Waals surface area contributed by atoms with Gasteiger partial charge in [0, 0.05) is 43.1 Å². The minimum atomic E-state index is -0.0484. The molecule has 1 amide bonds. The van der Waals surface area contributed by atoms with Crippen LogP contribution in [0.2, 0.25) is 0 Å². The molecular formula is C13H14N4O. The molecule has 0 aliphatic heterocycles. The minimum Gasteiger partial charge on any atom is -0.345 e. The van der Waals surface area contributed by atoms with Crippen molar-refractivity contribution in [2.24, 2.45) is 5.11 Å². The van der Waals surface area contributed by atoms with Crippen LogP contribution < -0.4 is 0 Å². The Morgan fingerprint density at radius 3 is 2.94 bits per heavy atom. The van der Waals surface area contributed by atoms with Gasteiger partial charge in [0.1, 0.15) is 0 Å². The van der Waals surface area contributed by atoms with Crippen LogP contribution >= 0.6 is 0 Å². The number of carbonyl (C=O) groups excluding carboxylic acids is 1. The molecule has 0 spiro atoms. The Morgan fingerprint density at radius 1 is 1.50 bits per heavy atom. The second-order valence-electron chi connectivity index (χ2n) is 3.79. The number of azide groups is 1. The number of carbonyl (C=O) groups is 1. The molecule has 92 valence electrons. The summed E-state index contributed by atoms with van der Waals surface area (Å²) in [6, 6.07) is 7.15. The van der Waals surface area contributed by atoms with E-state index in [9.17, 15) is 4.79 Å². The summed E-state index contributed by atoms with van der Waals surface area (Å²) in [5.41, 5.74) is 9.49. The molecule has 0 radical (unpaired) electrons. The molecule has 0 aromatic heterocycles. The third kappa shape index (κ3) is 4.20. The molecule has 1 aromatic rings. The van der Waals surface area contributed by atoms with E-state index >= 15 is 0 Å². The van der Waals surface area contributed by atoms with Gasteiger partial charge in [-0.15, -0.1) is 0 Å². The van der Waals surface area contributed by atoms with Crippen LogP contribution in [0.1, 0.15) is 22.3 Å². The Hall–Kier alpha value is -2.44. The highest BCUT2D eigenvalue weighted by Crippen LogP contribution is 2.06. The summed E-state index contributed by atoms with van der Waals surface area (Å²) >= 11 is 0. The molecule has 5 heteroatoms. The average Bonchev–Trinajstić information content (AvgIpc) is 2.38. The van der Waals surface area contributed by atoms with Crippen LogP contribution in [0.4, 0.5) is 0 Å². The van der Waals surface area contributed by atoms with Crippen molar-refractivity contribution in [3.63, 3.8) is 0 Å². The molecule has 5 nitrogen and oxygen atoms in total. The van der Waals surface area contributed by atoms with E-state index < -0.39 is 0 Å². The smallest absolute Gasteiger partial charge is 0.253 e. The molecule has 0 N–H and O–H groups in total. The highest BCUT2D eigenvalue weighted by Gasteiger charge is 2.06. The highest BCUT2D eigenvalue weighted by atomic mass is 16.2. The fourth-order valence-electron chi connectivity index (χ4n) is 1.30. The van der Waals surface area contributed by atoms with Gasteiger partial charge in [0.15, 0.2) is 0 Å². The van der Waals surface area contributed by atoms with E-state index in [-0.39, 0.29) is 5.91 Å². The van der Waals surface area contributed by atoms with E-state index in [1.54, 1.807) is 32.3 Å². The number of amides is 1. The van der Waals surface area contributed by atoms with Gasteiger partial charge in [-0.25, -0.2) is 0 Å². The Balaban J connectivity index is 2.76. The first kappa shape index (κ1) is 13.6. The van der Waals surface area contributed by atoms with E-state index in [2.05, 4.69) is 21.9 Å². The lowest BCUT2D eigenvalue weighted by Crippen LogP contribution is -2.21. The second kappa shape index (κ2) is 7.00. The van der Waals surface area contributed by atoms with Crippen LogP contribution in [0.25, 0.3) is 10.4 Å². The summed E-state index contributed by atoms with van der Waals surface area (Å²) in [6.45, 7) is 0.361. The van der Waals surface area contributed by atoms with Crippen molar-refractivity contribution in [1.29, 1.82) is 0 Å². The molecule has 0 aliphatic carbocycles. The van der Waals surface area contributed by atoms with Crippen LogP contribution in [0.15, 0.2) is 29.4 Å². The molecule has 0 fully saturated rings. The molecule has 0 bridgehead atoms. The highest BCUT2D eigenvalue weighted by molar-refractivity contribution is 5.94. The predicted molar refractivity (Wildman–Crippen MR) is 70.0 cm³/mol. The van der Waals surface area contributed by atoms with E-state index in [4.69, 9.17) is 5.53 Å². The number of nitrogens with zero attached hydrogens (tertiary/aromatic N) is 4. The zero-order valence-electron chi connectivity index (χ0n) is 10.4. The zero-order chi connectivity index (χ0) is 13.4. The van der Waals surface area contributed by atoms with Crippen LogP contribution in [0.3, 0.4) is 0 Å². The molecule has 0 atom stereocenters. The first-order valence-electron chi connectivity index (χ1n) is 5.46. The number of rotatable bonds is 3. The summed E-state index contributed by atoms with van der Waals surface area (Å²) < 4.78 is 0. The Morgan fingerprint density at radius 2 is 2.28 bits per heavy atom. The molecule has 1 aromatic carbocycles. The molecule has 0 unspecified atom stereocenters. The molecule has 18 heavy (non-hydrogen) atoms. The number of benzene rings is 1. The van der Waals surface area contributed by atoms with Crippen molar-refractivity contribution in [3.8, 4) is 11.8 Å². The summed E-state index contributed by atoms with van der Waals surface area (Å²) in [7, 11) is 3.42. The Kier molecular flexibility index (Phi) is 5.30. The molecule has 0 heterocycles. The summed E-state index contributed by atoms with van der Waals surface area (Å²) in [6.07, 6.45) is 0.510. The molecule has 0 saturated heterocycles. The lowest BCUT2D eigenvalue weighted by Gasteiger charge is -2.09. The average molecular weight is 242 g/mol. The van der Waals surface area contributed by atoms with Crippen molar-refractivity contribution in [3.05, 3.63) is 45.8 Å².